The molecule has 0 bridgehead atoms. The number of carbonyl (C=O) groups is 2. The van der Waals surface area contributed by atoms with E-state index in [9.17, 15) is 14.7 Å². The number of methoxy groups -OCH3 is 4. The topological polar surface area (TPSA) is 104 Å². The van der Waals surface area contributed by atoms with E-state index in [0.29, 0.717) is 40.7 Å². The molecule has 2 aromatic rings. The molecule has 3 rings (SSSR count). The van der Waals surface area contributed by atoms with Crippen LogP contribution in [0.4, 0.5) is 0 Å². The van der Waals surface area contributed by atoms with Gasteiger partial charge < -0.3 is 33.7 Å². The summed E-state index contributed by atoms with van der Waals surface area (Å²) in [6.45, 7) is 4.27. The van der Waals surface area contributed by atoms with Crippen LogP contribution in [0.2, 0.25) is 0 Å². The minimum absolute atomic E-state index is 0.0554. The number of amides is 1. The molecule has 0 radical (unpaired) electrons. The molecular formula is C26H29NO8. The van der Waals surface area contributed by atoms with Crippen LogP contribution in [0.15, 0.2) is 54.6 Å². The number of hydrogen-bond donors (Lipinski definition) is 1. The van der Waals surface area contributed by atoms with Gasteiger partial charge in [-0.2, -0.15) is 0 Å². The van der Waals surface area contributed by atoms with Gasteiger partial charge >= 0.3 is 0 Å². The van der Waals surface area contributed by atoms with Gasteiger partial charge in [-0.1, -0.05) is 12.7 Å². The van der Waals surface area contributed by atoms with Crippen LogP contribution in [0, 0.1) is 0 Å². The summed E-state index contributed by atoms with van der Waals surface area (Å²) in [4.78, 5) is 27.5. The number of aliphatic hydroxyl groups excluding tert-OH is 1. The average Bonchev–Trinajstić information content (AvgIpc) is 3.14. The standard InChI is InChI=1S/C26H29NO8/c1-6-12-35-18-9-7-16(8-10-18)23(28)21-22(27(11-13-31-2)26(30)24(21)29)17-14-19(32-3)25(34-5)20(15-17)33-4/h6-10,14-15,22,28H,1,11-13H2,2-5H3/t22-/m1/s1. The van der Waals surface area contributed by atoms with Crippen LogP contribution in [0.5, 0.6) is 23.0 Å². The number of carbonyl (C=O) groups excluding carboxylic acids is 2. The summed E-state index contributed by atoms with van der Waals surface area (Å²) in [6, 6.07) is 8.94. The summed E-state index contributed by atoms with van der Waals surface area (Å²) in [5, 5.41) is 11.2. The molecule has 1 N–H and O–H groups in total. The smallest absolute Gasteiger partial charge is 0.295 e. The van der Waals surface area contributed by atoms with Gasteiger partial charge in [-0.3, -0.25) is 9.59 Å². The molecule has 0 aliphatic carbocycles. The lowest BCUT2D eigenvalue weighted by Gasteiger charge is -2.26. The van der Waals surface area contributed by atoms with Crippen LogP contribution in [-0.4, -0.2) is 69.9 Å². The highest BCUT2D eigenvalue weighted by Gasteiger charge is 2.46. The Morgan fingerprint density at radius 3 is 2.17 bits per heavy atom. The number of hydrogen-bond acceptors (Lipinski definition) is 8. The molecule has 1 aliphatic heterocycles. The fraction of sp³-hybridized carbons (Fsp3) is 0.308. The van der Waals surface area contributed by atoms with Crippen LogP contribution in [-0.2, 0) is 14.3 Å². The molecule has 0 saturated carbocycles. The van der Waals surface area contributed by atoms with Crippen LogP contribution in [0.3, 0.4) is 0 Å². The molecule has 35 heavy (non-hydrogen) atoms. The zero-order valence-electron chi connectivity index (χ0n) is 20.2. The van der Waals surface area contributed by atoms with E-state index in [1.165, 1.54) is 33.3 Å². The first-order chi connectivity index (χ1) is 16.9. The molecule has 2 aromatic carbocycles. The van der Waals surface area contributed by atoms with Gasteiger partial charge in [0.2, 0.25) is 5.75 Å². The summed E-state index contributed by atoms with van der Waals surface area (Å²) >= 11 is 0. The van der Waals surface area contributed by atoms with Crippen molar-refractivity contribution in [1.82, 2.24) is 4.90 Å². The van der Waals surface area contributed by atoms with E-state index in [0.717, 1.165) is 0 Å². The first kappa shape index (κ1) is 25.6. The highest BCUT2D eigenvalue weighted by atomic mass is 16.5. The van der Waals surface area contributed by atoms with Gasteiger partial charge in [0.25, 0.3) is 11.7 Å². The number of nitrogens with zero attached hydrogens (tertiary/aromatic N) is 1. The Labute approximate surface area is 204 Å². The summed E-state index contributed by atoms with van der Waals surface area (Å²) in [5.41, 5.74) is 0.806. The number of ether oxygens (including phenoxy) is 5. The largest absolute Gasteiger partial charge is 0.507 e. The molecule has 1 heterocycles. The summed E-state index contributed by atoms with van der Waals surface area (Å²) in [6.07, 6.45) is 1.62. The van der Waals surface area contributed by atoms with Gasteiger partial charge in [0.1, 0.15) is 18.1 Å². The third-order valence-corrected chi connectivity index (χ3v) is 5.57. The minimum atomic E-state index is -0.907. The maximum atomic E-state index is 13.1. The average molecular weight is 484 g/mol. The lowest BCUT2D eigenvalue weighted by Crippen LogP contribution is -2.32. The van der Waals surface area contributed by atoms with Crippen molar-refractivity contribution in [3.05, 3.63) is 65.8 Å². The molecule has 186 valence electrons. The molecular weight excluding hydrogens is 454 g/mol. The maximum absolute atomic E-state index is 13.1. The molecule has 0 unspecified atom stereocenters. The number of likely N-dealkylation sites (tertiary alicyclic amines) is 1. The lowest BCUT2D eigenvalue weighted by atomic mass is 9.94. The second kappa shape index (κ2) is 11.4. The molecule has 1 saturated heterocycles. The predicted molar refractivity (Wildman–Crippen MR) is 129 cm³/mol. The fourth-order valence-corrected chi connectivity index (χ4v) is 3.93. The van der Waals surface area contributed by atoms with Crippen LogP contribution < -0.4 is 18.9 Å². The first-order valence-corrected chi connectivity index (χ1v) is 10.8. The van der Waals surface area contributed by atoms with Crippen molar-refractivity contribution >= 4 is 17.4 Å². The number of benzene rings is 2. The van der Waals surface area contributed by atoms with Crippen molar-refractivity contribution < 1.29 is 38.4 Å². The third kappa shape index (κ3) is 5.09. The van der Waals surface area contributed by atoms with Gasteiger partial charge in [-0.15, -0.1) is 0 Å². The highest BCUT2D eigenvalue weighted by molar-refractivity contribution is 6.46. The number of rotatable bonds is 11. The molecule has 9 nitrogen and oxygen atoms in total. The lowest BCUT2D eigenvalue weighted by molar-refractivity contribution is -0.140. The van der Waals surface area contributed by atoms with E-state index in [1.807, 2.05) is 0 Å². The summed E-state index contributed by atoms with van der Waals surface area (Å²) < 4.78 is 26.9. The van der Waals surface area contributed by atoms with Gasteiger partial charge in [0, 0.05) is 19.2 Å². The first-order valence-electron chi connectivity index (χ1n) is 10.8. The van der Waals surface area contributed by atoms with E-state index in [4.69, 9.17) is 23.7 Å². The normalized spacial score (nSPS) is 16.8. The Morgan fingerprint density at radius 2 is 1.66 bits per heavy atom. The zero-order chi connectivity index (χ0) is 25.5. The van der Waals surface area contributed by atoms with Crippen molar-refractivity contribution in [3.63, 3.8) is 0 Å². The Hall–Kier alpha value is -3.98. The van der Waals surface area contributed by atoms with Gasteiger partial charge in [-0.25, -0.2) is 0 Å². The Kier molecular flexibility index (Phi) is 8.38. The number of ketones is 1. The van der Waals surface area contributed by atoms with Crippen LogP contribution in [0.1, 0.15) is 17.2 Å². The molecule has 1 aliphatic rings. The van der Waals surface area contributed by atoms with E-state index >= 15 is 0 Å². The van der Waals surface area contributed by atoms with Crippen molar-refractivity contribution in [3.8, 4) is 23.0 Å². The second-order valence-electron chi connectivity index (χ2n) is 7.57. The Morgan fingerprint density at radius 1 is 1.03 bits per heavy atom. The van der Waals surface area contributed by atoms with Crippen molar-refractivity contribution in [2.24, 2.45) is 0 Å². The SMILES string of the molecule is C=CCOc1ccc(C(O)=C2C(=O)C(=O)N(CCOC)[C@@H]2c2cc(OC)c(OC)c(OC)c2)cc1. The number of Topliss-reactive ketones (excluding diaryl/α,β-unsaturated/α-hetero) is 1. The number of aliphatic hydroxyl groups is 1. The van der Waals surface area contributed by atoms with Crippen molar-refractivity contribution in [2.45, 2.75) is 6.04 Å². The van der Waals surface area contributed by atoms with Gasteiger partial charge in [0.05, 0.1) is 39.6 Å². The van der Waals surface area contributed by atoms with Crippen molar-refractivity contribution in [2.75, 3.05) is 48.2 Å². The zero-order valence-corrected chi connectivity index (χ0v) is 20.2. The molecule has 9 heteroatoms. The minimum Gasteiger partial charge on any atom is -0.507 e. The maximum Gasteiger partial charge on any atom is 0.295 e. The van der Waals surface area contributed by atoms with Crippen molar-refractivity contribution in [1.29, 1.82) is 0 Å². The molecule has 0 spiro atoms. The predicted octanol–water partition coefficient (Wildman–Crippen LogP) is 3.35. The quantitative estimate of drug-likeness (QED) is 0.225. The van der Waals surface area contributed by atoms with E-state index in [1.54, 1.807) is 42.5 Å². The molecule has 1 atom stereocenters. The Balaban J connectivity index is 2.18. The molecule has 1 fully saturated rings. The van der Waals surface area contributed by atoms with E-state index in [2.05, 4.69) is 6.58 Å². The molecule has 1 amide bonds. The van der Waals surface area contributed by atoms with E-state index in [-0.39, 0.29) is 24.5 Å². The van der Waals surface area contributed by atoms with E-state index < -0.39 is 17.7 Å². The fourth-order valence-electron chi connectivity index (χ4n) is 3.93. The Bertz CT molecular complexity index is 1100. The summed E-state index contributed by atoms with van der Waals surface area (Å²) in [7, 11) is 5.92. The van der Waals surface area contributed by atoms with Crippen LogP contribution >= 0.6 is 0 Å². The van der Waals surface area contributed by atoms with Crippen LogP contribution in [0.25, 0.3) is 5.76 Å². The second-order valence-corrected chi connectivity index (χ2v) is 7.57. The highest BCUT2D eigenvalue weighted by Crippen LogP contribution is 2.45. The third-order valence-electron chi connectivity index (χ3n) is 5.57. The monoisotopic (exact) mass is 483 g/mol. The molecule has 0 aromatic heterocycles. The summed E-state index contributed by atoms with van der Waals surface area (Å²) in [5.74, 6) is -0.216. The van der Waals surface area contributed by atoms with Gasteiger partial charge in [-0.05, 0) is 42.0 Å². The van der Waals surface area contributed by atoms with Gasteiger partial charge in [0.15, 0.2) is 11.5 Å².